The van der Waals surface area contributed by atoms with E-state index in [1.165, 1.54) is 4.90 Å². The Morgan fingerprint density at radius 1 is 1.00 bits per heavy atom. The summed E-state index contributed by atoms with van der Waals surface area (Å²) in [4.78, 5) is 41.4. The van der Waals surface area contributed by atoms with E-state index in [1.807, 2.05) is 18.2 Å². The third-order valence-corrected chi connectivity index (χ3v) is 7.36. The van der Waals surface area contributed by atoms with Crippen molar-refractivity contribution in [3.63, 3.8) is 0 Å². The number of halogens is 2. The number of carbonyl (C=O) groups is 3. The van der Waals surface area contributed by atoms with Crippen LogP contribution in [0, 0.1) is 0 Å². The van der Waals surface area contributed by atoms with E-state index >= 15 is 0 Å². The maximum atomic E-state index is 12.8. The van der Waals surface area contributed by atoms with Crippen molar-refractivity contribution in [3.8, 4) is 0 Å². The number of piperazine rings is 1. The molecule has 1 N–H and O–H groups in total. The second-order valence-electron chi connectivity index (χ2n) is 7.58. The quantitative estimate of drug-likeness (QED) is 0.466. The molecule has 176 valence electrons. The molecule has 2 fully saturated rings. The van der Waals surface area contributed by atoms with E-state index < -0.39 is 0 Å². The number of thiocarbonyl (C=S) groups is 1. The van der Waals surface area contributed by atoms with Gasteiger partial charge in [0, 0.05) is 47.4 Å². The van der Waals surface area contributed by atoms with Gasteiger partial charge in [0.25, 0.3) is 17.7 Å². The first-order chi connectivity index (χ1) is 16.3. The van der Waals surface area contributed by atoms with Gasteiger partial charge in [-0.05, 0) is 30.3 Å². The summed E-state index contributed by atoms with van der Waals surface area (Å²) in [5, 5.41) is 2.58. The van der Waals surface area contributed by atoms with E-state index in [1.54, 1.807) is 46.3 Å². The monoisotopic (exact) mass is 534 g/mol. The summed E-state index contributed by atoms with van der Waals surface area (Å²) in [5.41, 5.74) is 3.97. The van der Waals surface area contributed by atoms with Crippen molar-refractivity contribution in [2.45, 2.75) is 0 Å². The lowest BCUT2D eigenvalue weighted by Crippen LogP contribution is -2.56. The molecule has 0 radical (unpaired) electrons. The van der Waals surface area contributed by atoms with Crippen LogP contribution in [0.3, 0.4) is 0 Å². The first kappa shape index (κ1) is 24.7. The molecule has 0 atom stereocenters. The topological polar surface area (TPSA) is 73.0 Å². The normalized spacial score (nSPS) is 18.0. The molecule has 2 aromatic rings. The van der Waals surface area contributed by atoms with Gasteiger partial charge >= 0.3 is 0 Å². The smallest absolute Gasteiger partial charge is 0.266 e. The van der Waals surface area contributed by atoms with Gasteiger partial charge in [0.2, 0.25) is 0 Å². The molecule has 2 aromatic carbocycles. The van der Waals surface area contributed by atoms with Crippen molar-refractivity contribution in [2.75, 3.05) is 32.7 Å². The molecule has 2 saturated heterocycles. The minimum absolute atomic E-state index is 0.0328. The molecule has 2 heterocycles. The fraction of sp³-hybridized carbons (Fsp3) is 0.217. The van der Waals surface area contributed by atoms with Crippen molar-refractivity contribution in [2.24, 2.45) is 0 Å². The van der Waals surface area contributed by atoms with E-state index in [2.05, 4.69) is 5.43 Å². The van der Waals surface area contributed by atoms with E-state index in [0.29, 0.717) is 52.3 Å². The Bertz CT molecular complexity index is 1150. The SMILES string of the molecule is O=C(CN1C(=O)/C(=C/c2c(Cl)cccc2Cl)SC1=S)NN1CCN(C(=O)c2ccccc2)CC1. The minimum atomic E-state index is -0.376. The fourth-order valence-electron chi connectivity index (χ4n) is 3.56. The highest BCUT2D eigenvalue weighted by atomic mass is 35.5. The van der Waals surface area contributed by atoms with E-state index in [9.17, 15) is 14.4 Å². The molecule has 4 rings (SSSR count). The predicted molar refractivity (Wildman–Crippen MR) is 138 cm³/mol. The van der Waals surface area contributed by atoms with Gasteiger partial charge in [-0.15, -0.1) is 0 Å². The largest absolute Gasteiger partial charge is 0.336 e. The zero-order valence-electron chi connectivity index (χ0n) is 17.9. The van der Waals surface area contributed by atoms with Gasteiger partial charge in [-0.2, -0.15) is 0 Å². The molecular weight excluding hydrogens is 515 g/mol. The number of hydrogen-bond donors (Lipinski definition) is 1. The molecule has 3 amide bonds. The van der Waals surface area contributed by atoms with Crippen molar-refractivity contribution in [1.82, 2.24) is 20.2 Å². The van der Waals surface area contributed by atoms with Gasteiger partial charge in [0.1, 0.15) is 10.9 Å². The van der Waals surface area contributed by atoms with Gasteiger partial charge in [0.05, 0.1) is 4.91 Å². The van der Waals surface area contributed by atoms with Gasteiger partial charge in [0.15, 0.2) is 0 Å². The lowest BCUT2D eigenvalue weighted by atomic mass is 10.2. The van der Waals surface area contributed by atoms with Crippen LogP contribution in [0.25, 0.3) is 6.08 Å². The highest BCUT2D eigenvalue weighted by molar-refractivity contribution is 8.26. The van der Waals surface area contributed by atoms with Crippen LogP contribution in [-0.2, 0) is 9.59 Å². The van der Waals surface area contributed by atoms with Crippen LogP contribution in [-0.4, -0.2) is 69.6 Å². The summed E-state index contributed by atoms with van der Waals surface area (Å²) < 4.78 is 0.285. The predicted octanol–water partition coefficient (Wildman–Crippen LogP) is 3.68. The second kappa shape index (κ2) is 10.9. The number of rotatable bonds is 5. The standard InChI is InChI=1S/C23H20Cl2N4O3S2/c24-17-7-4-8-18(25)16(17)13-19-22(32)29(23(33)34-19)14-20(30)26-28-11-9-27(10-12-28)21(31)15-5-2-1-3-6-15/h1-8,13H,9-12,14H2,(H,26,30)/b19-13-. The number of thioether (sulfide) groups is 1. The van der Waals surface area contributed by atoms with Gasteiger partial charge in [-0.3, -0.25) is 24.7 Å². The Balaban J connectivity index is 1.31. The first-order valence-electron chi connectivity index (χ1n) is 10.4. The van der Waals surface area contributed by atoms with Crippen LogP contribution in [0.2, 0.25) is 10.0 Å². The highest BCUT2D eigenvalue weighted by Gasteiger charge is 2.34. The van der Waals surface area contributed by atoms with Crippen LogP contribution in [0.1, 0.15) is 15.9 Å². The fourth-order valence-corrected chi connectivity index (χ4v) is 5.30. The summed E-state index contributed by atoms with van der Waals surface area (Å²) >= 11 is 18.8. The van der Waals surface area contributed by atoms with Crippen LogP contribution in [0.4, 0.5) is 0 Å². The maximum absolute atomic E-state index is 12.8. The maximum Gasteiger partial charge on any atom is 0.266 e. The van der Waals surface area contributed by atoms with Crippen molar-refractivity contribution >= 4 is 75.3 Å². The molecule has 0 aliphatic carbocycles. The molecule has 0 bridgehead atoms. The molecule has 34 heavy (non-hydrogen) atoms. The summed E-state index contributed by atoms with van der Waals surface area (Å²) in [5.74, 6) is -0.773. The van der Waals surface area contributed by atoms with Crippen LogP contribution in [0.15, 0.2) is 53.4 Å². The van der Waals surface area contributed by atoms with Gasteiger partial charge in [-0.1, -0.05) is 71.4 Å². The number of benzene rings is 2. The zero-order valence-corrected chi connectivity index (χ0v) is 21.0. The molecule has 0 unspecified atom stereocenters. The first-order valence-corrected chi connectivity index (χ1v) is 12.4. The third-order valence-electron chi connectivity index (χ3n) is 5.32. The van der Waals surface area contributed by atoms with Gasteiger partial charge < -0.3 is 4.90 Å². The summed E-state index contributed by atoms with van der Waals surface area (Å²) in [6, 6.07) is 14.2. The number of nitrogens with one attached hydrogen (secondary N) is 1. The summed E-state index contributed by atoms with van der Waals surface area (Å²) in [6.07, 6.45) is 1.59. The number of carbonyl (C=O) groups excluding carboxylic acids is 3. The van der Waals surface area contributed by atoms with Crippen LogP contribution in [0.5, 0.6) is 0 Å². The van der Waals surface area contributed by atoms with E-state index in [-0.39, 0.29) is 28.6 Å². The molecular formula is C23H20Cl2N4O3S2. The molecule has 0 aromatic heterocycles. The Labute approximate surface area is 216 Å². The summed E-state index contributed by atoms with van der Waals surface area (Å²) in [6.45, 7) is 1.72. The lowest BCUT2D eigenvalue weighted by molar-refractivity contribution is -0.132. The number of nitrogens with zero attached hydrogens (tertiary/aromatic N) is 3. The van der Waals surface area contributed by atoms with Crippen molar-refractivity contribution in [1.29, 1.82) is 0 Å². The molecule has 7 nitrogen and oxygen atoms in total. The third kappa shape index (κ3) is 5.61. The van der Waals surface area contributed by atoms with Crippen LogP contribution < -0.4 is 5.43 Å². The Hall–Kier alpha value is -2.43. The number of hydrazine groups is 1. The Morgan fingerprint density at radius 2 is 1.65 bits per heavy atom. The lowest BCUT2D eigenvalue weighted by Gasteiger charge is -2.35. The van der Waals surface area contributed by atoms with E-state index in [4.69, 9.17) is 35.4 Å². The molecule has 11 heteroatoms. The van der Waals surface area contributed by atoms with Crippen LogP contribution >= 0.6 is 47.2 Å². The van der Waals surface area contributed by atoms with Crippen molar-refractivity contribution in [3.05, 3.63) is 74.6 Å². The molecule has 0 saturated carbocycles. The minimum Gasteiger partial charge on any atom is -0.336 e. The molecule has 2 aliphatic heterocycles. The highest BCUT2D eigenvalue weighted by Crippen LogP contribution is 2.35. The molecule has 0 spiro atoms. The number of hydrogen-bond acceptors (Lipinski definition) is 6. The molecule has 2 aliphatic rings. The average Bonchev–Trinajstić information content (AvgIpc) is 3.09. The van der Waals surface area contributed by atoms with Crippen molar-refractivity contribution < 1.29 is 14.4 Å². The zero-order chi connectivity index (χ0) is 24.2. The second-order valence-corrected chi connectivity index (χ2v) is 10.1. The average molecular weight is 535 g/mol. The Kier molecular flexibility index (Phi) is 7.90. The summed E-state index contributed by atoms with van der Waals surface area (Å²) in [7, 11) is 0. The Morgan fingerprint density at radius 3 is 2.29 bits per heavy atom. The van der Waals surface area contributed by atoms with Gasteiger partial charge in [-0.25, -0.2) is 5.01 Å². The van der Waals surface area contributed by atoms with E-state index in [0.717, 1.165) is 11.8 Å². The number of amides is 3.